The van der Waals surface area contributed by atoms with Crippen LogP contribution in [0.1, 0.15) is 25.0 Å². The highest BCUT2D eigenvalue weighted by Gasteiger charge is 2.31. The minimum atomic E-state index is -5.09. The molecule has 3 rings (SSSR count). The Morgan fingerprint density at radius 1 is 1.12 bits per heavy atom. The molecule has 1 heterocycles. The van der Waals surface area contributed by atoms with Crippen molar-refractivity contribution in [2.45, 2.75) is 6.36 Å². The first-order valence-corrected chi connectivity index (χ1v) is 9.32. The van der Waals surface area contributed by atoms with Crippen molar-refractivity contribution in [3.63, 3.8) is 0 Å². The van der Waals surface area contributed by atoms with Crippen molar-refractivity contribution >= 4 is 29.1 Å². The first-order chi connectivity index (χ1) is 17.1. The van der Waals surface area contributed by atoms with Gasteiger partial charge in [-0.25, -0.2) is 4.39 Å². The Morgan fingerprint density at radius 3 is 2.53 bits per heavy atom. The van der Waals surface area contributed by atoms with E-state index >= 15 is 0 Å². The molecule has 0 saturated carbocycles. The molecule has 1 aromatic heterocycles. The molecule has 0 fully saturated rings. The van der Waals surface area contributed by atoms with Gasteiger partial charge >= 0.3 is 6.36 Å². The van der Waals surface area contributed by atoms with Crippen LogP contribution in [0.15, 0.2) is 48.7 Å². The zero-order valence-corrected chi connectivity index (χ0v) is 17.3. The monoisotopic (exact) mass is 502 g/mol. The van der Waals surface area contributed by atoms with E-state index in [9.17, 15) is 27.2 Å². The van der Waals surface area contributed by atoms with E-state index in [2.05, 4.69) is 15.0 Å². The Kier molecular flexibility index (Phi) is 5.94. The highest BCUT2D eigenvalue weighted by Crippen LogP contribution is 2.38. The van der Waals surface area contributed by atoms with Crippen molar-refractivity contribution < 1.29 is 45.5 Å². The summed E-state index contributed by atoms with van der Waals surface area (Å²) in [7, 11) is -3.13. The van der Waals surface area contributed by atoms with Crippen LogP contribution < -0.4 is 25.3 Å². The fraction of sp³-hybridized carbons (Fsp3) is 0.0952. The Balaban J connectivity index is 2.01. The van der Waals surface area contributed by atoms with Gasteiger partial charge in [0, 0.05) is 18.0 Å². The molecule has 13 heteroatoms. The van der Waals surface area contributed by atoms with E-state index in [0.717, 1.165) is 36.5 Å². The van der Waals surface area contributed by atoms with Gasteiger partial charge in [-0.1, -0.05) is 11.6 Å². The number of ether oxygens (including phenoxy) is 3. The van der Waals surface area contributed by atoms with E-state index in [4.69, 9.17) is 30.9 Å². The number of halogens is 5. The van der Waals surface area contributed by atoms with E-state index in [1.54, 1.807) is 0 Å². The van der Waals surface area contributed by atoms with E-state index in [1.807, 2.05) is 0 Å². The van der Waals surface area contributed by atoms with Crippen molar-refractivity contribution in [3.8, 4) is 23.0 Å². The molecule has 0 aliphatic carbocycles. The van der Waals surface area contributed by atoms with Crippen molar-refractivity contribution in [3.05, 3.63) is 70.8 Å². The SMILES string of the molecule is [2H]C([2H])([2H])Oc1cc(OC(F)(F)F)ccc1Oc1ccc(Cl)c(F)c1C(=O)Nc1ccnc(C(N)=O)c1. The summed E-state index contributed by atoms with van der Waals surface area (Å²) in [6.45, 7) is 0. The lowest BCUT2D eigenvalue weighted by molar-refractivity contribution is -0.274. The summed E-state index contributed by atoms with van der Waals surface area (Å²) in [6, 6.07) is 6.69. The number of anilines is 1. The maximum Gasteiger partial charge on any atom is 0.573 e. The van der Waals surface area contributed by atoms with E-state index in [-0.39, 0.29) is 11.4 Å². The van der Waals surface area contributed by atoms with Gasteiger partial charge in [0.2, 0.25) is 0 Å². The number of carbonyl (C=O) groups is 2. The number of amides is 2. The normalized spacial score (nSPS) is 12.7. The minimum Gasteiger partial charge on any atom is -0.493 e. The molecule has 0 aliphatic heterocycles. The molecule has 0 aliphatic rings. The number of aromatic nitrogens is 1. The van der Waals surface area contributed by atoms with Gasteiger partial charge in [0.05, 0.1) is 16.2 Å². The first-order valence-electron chi connectivity index (χ1n) is 10.4. The van der Waals surface area contributed by atoms with Crippen LogP contribution in [0.2, 0.25) is 5.02 Å². The number of hydrogen-bond acceptors (Lipinski definition) is 6. The predicted molar refractivity (Wildman–Crippen MR) is 112 cm³/mol. The molecule has 0 radical (unpaired) electrons. The van der Waals surface area contributed by atoms with Crippen LogP contribution >= 0.6 is 11.6 Å². The number of nitrogens with two attached hydrogens (primary N) is 1. The molecule has 178 valence electrons. The van der Waals surface area contributed by atoms with Gasteiger partial charge in [0.1, 0.15) is 22.8 Å². The summed E-state index contributed by atoms with van der Waals surface area (Å²) in [4.78, 5) is 27.9. The number of pyridine rings is 1. The van der Waals surface area contributed by atoms with Gasteiger partial charge in [-0.3, -0.25) is 14.6 Å². The molecule has 2 amide bonds. The number of methoxy groups -OCH3 is 1. The number of nitrogens with one attached hydrogen (secondary N) is 1. The zero-order valence-electron chi connectivity index (χ0n) is 19.6. The van der Waals surface area contributed by atoms with Gasteiger partial charge in [-0.15, -0.1) is 13.2 Å². The Labute approximate surface area is 198 Å². The molecular formula is C21H14ClF4N3O5. The maximum absolute atomic E-state index is 14.9. The summed E-state index contributed by atoms with van der Waals surface area (Å²) in [5.41, 5.74) is 4.18. The van der Waals surface area contributed by atoms with Crippen molar-refractivity contribution in [2.24, 2.45) is 5.73 Å². The molecule has 3 N–H and O–H groups in total. The third-order valence-electron chi connectivity index (χ3n) is 4.03. The van der Waals surface area contributed by atoms with Crippen LogP contribution in [0, 0.1) is 5.82 Å². The maximum atomic E-state index is 14.9. The van der Waals surface area contributed by atoms with Gasteiger partial charge in [0.25, 0.3) is 11.8 Å². The third-order valence-corrected chi connectivity index (χ3v) is 4.32. The fourth-order valence-electron chi connectivity index (χ4n) is 2.63. The number of rotatable bonds is 7. The van der Waals surface area contributed by atoms with Crippen LogP contribution in [0.4, 0.5) is 23.2 Å². The van der Waals surface area contributed by atoms with Gasteiger partial charge < -0.3 is 25.3 Å². The van der Waals surface area contributed by atoms with Gasteiger partial charge in [0.15, 0.2) is 17.3 Å². The van der Waals surface area contributed by atoms with Crippen LogP contribution in [-0.4, -0.2) is 30.2 Å². The number of nitrogens with zero attached hydrogens (tertiary/aromatic N) is 1. The van der Waals surface area contributed by atoms with Crippen LogP contribution in [0.3, 0.4) is 0 Å². The predicted octanol–water partition coefficient (Wildman–Crippen LogP) is 4.92. The highest BCUT2D eigenvalue weighted by atomic mass is 35.5. The molecule has 2 aromatic carbocycles. The first kappa shape index (κ1) is 20.5. The second-order valence-electron chi connectivity index (χ2n) is 6.34. The lowest BCUT2D eigenvalue weighted by atomic mass is 10.1. The molecule has 34 heavy (non-hydrogen) atoms. The molecule has 0 spiro atoms. The van der Waals surface area contributed by atoms with Gasteiger partial charge in [-0.2, -0.15) is 0 Å². The van der Waals surface area contributed by atoms with Crippen LogP contribution in [-0.2, 0) is 0 Å². The molecule has 8 nitrogen and oxygen atoms in total. The number of benzene rings is 2. The van der Waals surface area contributed by atoms with Crippen molar-refractivity contribution in [2.75, 3.05) is 12.4 Å². The minimum absolute atomic E-state index is 0.000739. The average Bonchev–Trinajstić information content (AvgIpc) is 2.76. The summed E-state index contributed by atoms with van der Waals surface area (Å²) in [5, 5.41) is 1.82. The summed E-state index contributed by atoms with van der Waals surface area (Å²) < 4.78 is 88.4. The number of carbonyl (C=O) groups excluding carboxylic acids is 2. The molecule has 0 atom stereocenters. The molecule has 3 aromatic rings. The molecule has 0 unspecified atom stereocenters. The second kappa shape index (κ2) is 9.83. The zero-order chi connectivity index (χ0) is 27.5. The Bertz CT molecular complexity index is 1360. The smallest absolute Gasteiger partial charge is 0.493 e. The lowest BCUT2D eigenvalue weighted by Gasteiger charge is -2.16. The topological polar surface area (TPSA) is 113 Å². The summed E-state index contributed by atoms with van der Waals surface area (Å²) in [5.74, 6) is -5.83. The van der Waals surface area contributed by atoms with E-state index in [0.29, 0.717) is 6.07 Å². The quantitative estimate of drug-likeness (QED) is 0.443. The van der Waals surface area contributed by atoms with Crippen LogP contribution in [0.25, 0.3) is 0 Å². The third kappa shape index (κ3) is 5.84. The van der Waals surface area contributed by atoms with Crippen molar-refractivity contribution in [1.82, 2.24) is 4.98 Å². The second-order valence-corrected chi connectivity index (χ2v) is 6.75. The Morgan fingerprint density at radius 2 is 1.85 bits per heavy atom. The Hall–Kier alpha value is -4.06. The molecule has 0 bridgehead atoms. The lowest BCUT2D eigenvalue weighted by Crippen LogP contribution is -2.17. The molecule has 0 saturated heterocycles. The highest BCUT2D eigenvalue weighted by molar-refractivity contribution is 6.31. The van der Waals surface area contributed by atoms with Gasteiger partial charge in [-0.05, 0) is 36.4 Å². The summed E-state index contributed by atoms with van der Waals surface area (Å²) >= 11 is 5.80. The van der Waals surface area contributed by atoms with Crippen LogP contribution in [0.5, 0.6) is 23.0 Å². The fourth-order valence-corrected chi connectivity index (χ4v) is 2.79. The number of alkyl halides is 3. The average molecular weight is 503 g/mol. The van der Waals surface area contributed by atoms with E-state index in [1.165, 1.54) is 6.07 Å². The van der Waals surface area contributed by atoms with E-state index < -0.39 is 64.6 Å². The van der Waals surface area contributed by atoms with Crippen molar-refractivity contribution in [1.29, 1.82) is 0 Å². The largest absolute Gasteiger partial charge is 0.573 e. The standard InChI is InChI=1S/C21H14ClF4N3O5/c1-32-16-9-11(34-21(24,25)26)2-4-14(16)33-15-5-3-12(22)18(23)17(15)20(31)29-10-6-7-28-13(8-10)19(27)30/h2-9H,1H3,(H2,27,30)(H,28,29,31)/i1D3. The number of hydrogen-bond donors (Lipinski definition) is 2. The number of primary amides is 1. The summed E-state index contributed by atoms with van der Waals surface area (Å²) in [6.07, 6.45) is -3.93. The molecular weight excluding hydrogens is 486 g/mol.